The van der Waals surface area contributed by atoms with Gasteiger partial charge in [0.2, 0.25) is 10.0 Å². The van der Waals surface area contributed by atoms with Crippen molar-refractivity contribution in [1.82, 2.24) is 9.62 Å². The second-order valence-corrected chi connectivity index (χ2v) is 8.99. The zero-order valence-corrected chi connectivity index (χ0v) is 16.2. The Labute approximate surface area is 157 Å². The van der Waals surface area contributed by atoms with Gasteiger partial charge in [-0.1, -0.05) is 60.2 Å². The standard InChI is InChI=1S/C21H28N2O2S/c1-18-9-11-20(12-10-18)17-26(24,25)22-16-21(23-13-5-6-14-23)15-19-7-3-2-4-8-19/h2-4,7-12,21-22H,5-6,13-17H2,1H3. The summed E-state index contributed by atoms with van der Waals surface area (Å²) < 4.78 is 27.9. The van der Waals surface area contributed by atoms with Crippen LogP contribution < -0.4 is 4.72 Å². The molecule has 2 aromatic carbocycles. The quantitative estimate of drug-likeness (QED) is 0.775. The first-order chi connectivity index (χ1) is 12.5. The zero-order chi connectivity index (χ0) is 18.4. The fourth-order valence-corrected chi connectivity index (χ4v) is 4.68. The van der Waals surface area contributed by atoms with E-state index in [2.05, 4.69) is 21.8 Å². The number of nitrogens with one attached hydrogen (secondary N) is 1. The maximum absolute atomic E-state index is 12.5. The third-order valence-corrected chi connectivity index (χ3v) is 6.31. The summed E-state index contributed by atoms with van der Waals surface area (Å²) in [6, 6.07) is 18.2. The van der Waals surface area contributed by atoms with Gasteiger partial charge in [0.25, 0.3) is 0 Å². The van der Waals surface area contributed by atoms with Crippen LogP contribution in [0.4, 0.5) is 0 Å². The Balaban J connectivity index is 1.63. The van der Waals surface area contributed by atoms with E-state index in [1.54, 1.807) is 0 Å². The molecule has 0 bridgehead atoms. The van der Waals surface area contributed by atoms with E-state index >= 15 is 0 Å². The lowest BCUT2D eigenvalue weighted by Crippen LogP contribution is -2.44. The topological polar surface area (TPSA) is 49.4 Å². The molecule has 0 amide bonds. The highest BCUT2D eigenvalue weighted by Crippen LogP contribution is 2.16. The first kappa shape index (κ1) is 19.1. The van der Waals surface area contributed by atoms with Gasteiger partial charge in [-0.2, -0.15) is 0 Å². The average molecular weight is 373 g/mol. The molecule has 2 aromatic rings. The maximum atomic E-state index is 12.5. The number of benzene rings is 2. The molecular weight excluding hydrogens is 344 g/mol. The molecule has 1 heterocycles. The molecule has 1 atom stereocenters. The van der Waals surface area contributed by atoms with Crippen molar-refractivity contribution in [2.24, 2.45) is 0 Å². The van der Waals surface area contributed by atoms with Crippen molar-refractivity contribution >= 4 is 10.0 Å². The molecule has 0 saturated carbocycles. The molecule has 26 heavy (non-hydrogen) atoms. The number of hydrogen-bond acceptors (Lipinski definition) is 3. The van der Waals surface area contributed by atoms with Crippen LogP contribution in [0.1, 0.15) is 29.5 Å². The Hall–Kier alpha value is -1.69. The van der Waals surface area contributed by atoms with Gasteiger partial charge in [-0.15, -0.1) is 0 Å². The van der Waals surface area contributed by atoms with Crippen LogP contribution in [0.15, 0.2) is 54.6 Å². The summed E-state index contributed by atoms with van der Waals surface area (Å²) in [6.07, 6.45) is 3.26. The molecular formula is C21H28N2O2S. The van der Waals surface area contributed by atoms with Crippen LogP contribution in [0.25, 0.3) is 0 Å². The third-order valence-electron chi connectivity index (χ3n) is 4.99. The van der Waals surface area contributed by atoms with E-state index in [0.717, 1.165) is 30.6 Å². The van der Waals surface area contributed by atoms with Crippen molar-refractivity contribution in [3.8, 4) is 0 Å². The number of likely N-dealkylation sites (tertiary alicyclic amines) is 1. The molecule has 0 aromatic heterocycles. The largest absolute Gasteiger partial charge is 0.299 e. The van der Waals surface area contributed by atoms with Crippen molar-refractivity contribution in [2.45, 2.75) is 38.0 Å². The van der Waals surface area contributed by atoms with Crippen molar-refractivity contribution in [3.63, 3.8) is 0 Å². The molecule has 1 aliphatic heterocycles. The molecule has 3 rings (SSSR count). The Morgan fingerprint density at radius 2 is 1.62 bits per heavy atom. The molecule has 1 aliphatic rings. The van der Waals surface area contributed by atoms with Gasteiger partial charge >= 0.3 is 0 Å². The fourth-order valence-electron chi connectivity index (χ4n) is 3.50. The Kier molecular flexibility index (Phi) is 6.46. The van der Waals surface area contributed by atoms with Gasteiger partial charge in [0.1, 0.15) is 0 Å². The fraction of sp³-hybridized carbons (Fsp3) is 0.429. The summed E-state index contributed by atoms with van der Waals surface area (Å²) in [7, 11) is -3.34. The van der Waals surface area contributed by atoms with Crippen LogP contribution in [0, 0.1) is 6.92 Å². The lowest BCUT2D eigenvalue weighted by molar-refractivity contribution is 0.241. The van der Waals surface area contributed by atoms with Crippen molar-refractivity contribution in [3.05, 3.63) is 71.3 Å². The lowest BCUT2D eigenvalue weighted by atomic mass is 10.1. The normalized spacial score (nSPS) is 16.7. The SMILES string of the molecule is Cc1ccc(CS(=O)(=O)NCC(Cc2ccccc2)N2CCCC2)cc1. The van der Waals surface area contributed by atoms with Crippen LogP contribution in [-0.4, -0.2) is 39.0 Å². The summed E-state index contributed by atoms with van der Waals surface area (Å²) in [6.45, 7) is 4.57. The molecule has 140 valence electrons. The highest BCUT2D eigenvalue weighted by atomic mass is 32.2. The molecule has 1 N–H and O–H groups in total. The van der Waals surface area contributed by atoms with E-state index in [1.165, 1.54) is 18.4 Å². The second-order valence-electron chi connectivity index (χ2n) is 7.18. The first-order valence-corrected chi connectivity index (χ1v) is 11.0. The van der Waals surface area contributed by atoms with Crippen molar-refractivity contribution in [1.29, 1.82) is 0 Å². The first-order valence-electron chi connectivity index (χ1n) is 9.33. The van der Waals surface area contributed by atoms with Gasteiger partial charge in [-0.05, 0) is 50.4 Å². The molecule has 0 aliphatic carbocycles. The van der Waals surface area contributed by atoms with Crippen LogP contribution >= 0.6 is 0 Å². The van der Waals surface area contributed by atoms with Crippen molar-refractivity contribution < 1.29 is 8.42 Å². The van der Waals surface area contributed by atoms with E-state index in [0.29, 0.717) is 6.54 Å². The Morgan fingerprint density at radius 3 is 2.27 bits per heavy atom. The molecule has 1 saturated heterocycles. The Bertz CT molecular complexity index is 783. The molecule has 5 heteroatoms. The van der Waals surface area contributed by atoms with Crippen LogP contribution in [0.2, 0.25) is 0 Å². The van der Waals surface area contributed by atoms with E-state index in [-0.39, 0.29) is 11.8 Å². The highest BCUT2D eigenvalue weighted by molar-refractivity contribution is 7.88. The Morgan fingerprint density at radius 1 is 0.962 bits per heavy atom. The number of hydrogen-bond donors (Lipinski definition) is 1. The van der Waals surface area contributed by atoms with E-state index in [1.807, 2.05) is 49.4 Å². The predicted molar refractivity (Wildman–Crippen MR) is 107 cm³/mol. The smallest absolute Gasteiger partial charge is 0.215 e. The van der Waals surface area contributed by atoms with Gasteiger partial charge in [0.05, 0.1) is 5.75 Å². The lowest BCUT2D eigenvalue weighted by Gasteiger charge is -2.28. The minimum Gasteiger partial charge on any atom is -0.299 e. The predicted octanol–water partition coefficient (Wildman–Crippen LogP) is 3.12. The minimum absolute atomic E-state index is 0.0331. The molecule has 0 radical (unpaired) electrons. The molecule has 4 nitrogen and oxygen atoms in total. The van der Waals surface area contributed by atoms with Crippen LogP contribution in [-0.2, 0) is 22.2 Å². The average Bonchev–Trinajstić information content (AvgIpc) is 3.16. The van der Waals surface area contributed by atoms with Crippen LogP contribution in [0.3, 0.4) is 0 Å². The summed E-state index contributed by atoms with van der Waals surface area (Å²) in [5, 5.41) is 0. The van der Waals surface area contributed by atoms with Gasteiger partial charge in [0.15, 0.2) is 0 Å². The summed E-state index contributed by atoms with van der Waals surface area (Å²) in [4.78, 5) is 2.42. The second kappa shape index (κ2) is 8.80. The van der Waals surface area contributed by atoms with Gasteiger partial charge in [-0.25, -0.2) is 13.1 Å². The van der Waals surface area contributed by atoms with Gasteiger partial charge < -0.3 is 0 Å². The minimum atomic E-state index is -3.34. The number of aryl methyl sites for hydroxylation is 1. The summed E-state index contributed by atoms with van der Waals surface area (Å²) >= 11 is 0. The van der Waals surface area contributed by atoms with E-state index in [4.69, 9.17) is 0 Å². The van der Waals surface area contributed by atoms with E-state index < -0.39 is 10.0 Å². The molecule has 1 fully saturated rings. The highest BCUT2D eigenvalue weighted by Gasteiger charge is 2.24. The summed E-state index contributed by atoms with van der Waals surface area (Å²) in [5.74, 6) is 0.0331. The number of rotatable bonds is 8. The van der Waals surface area contributed by atoms with Gasteiger partial charge in [-0.3, -0.25) is 4.90 Å². The number of sulfonamides is 1. The monoisotopic (exact) mass is 372 g/mol. The molecule has 1 unspecified atom stereocenters. The van der Waals surface area contributed by atoms with Crippen molar-refractivity contribution in [2.75, 3.05) is 19.6 Å². The van der Waals surface area contributed by atoms with E-state index in [9.17, 15) is 8.42 Å². The molecule has 0 spiro atoms. The summed E-state index contributed by atoms with van der Waals surface area (Å²) in [5.41, 5.74) is 3.21. The maximum Gasteiger partial charge on any atom is 0.215 e. The third kappa shape index (κ3) is 5.66. The zero-order valence-electron chi connectivity index (χ0n) is 15.4. The van der Waals surface area contributed by atoms with Gasteiger partial charge in [0, 0.05) is 12.6 Å². The van der Waals surface area contributed by atoms with Crippen LogP contribution in [0.5, 0.6) is 0 Å². The number of nitrogens with zero attached hydrogens (tertiary/aromatic N) is 1.